The summed E-state index contributed by atoms with van der Waals surface area (Å²) < 4.78 is 0. The Bertz CT molecular complexity index is 428. The molecule has 3 heteroatoms. The Kier molecular flexibility index (Phi) is 9.18. The van der Waals surface area contributed by atoms with Crippen LogP contribution in [-0.2, 0) is 0 Å². The first-order valence-electron chi connectivity index (χ1n) is 5.00. The smallest absolute Gasteiger partial charge is 0.159 e. The number of hydrogen-bond donors (Lipinski definition) is 1. The van der Waals surface area contributed by atoms with Gasteiger partial charge < -0.3 is 0 Å². The maximum Gasteiger partial charge on any atom is 0.159 e. The molecular weight excluding hydrogens is 239 g/mol. The van der Waals surface area contributed by atoms with E-state index in [1.165, 1.54) is 0 Å². The molecule has 0 fully saturated rings. The van der Waals surface area contributed by atoms with Gasteiger partial charge in [-0.15, -0.1) is 12.6 Å². The van der Waals surface area contributed by atoms with Crippen molar-refractivity contribution >= 4 is 48.0 Å². The van der Waals surface area contributed by atoms with Gasteiger partial charge in [-0.05, 0) is 19.1 Å². The number of Topliss-reactive ketones (excluding diaryl/α,β-unsaturated/α-hetero) is 1. The molecule has 0 aliphatic heterocycles. The number of hydrogen-bond acceptors (Lipinski definition) is 2. The van der Waals surface area contributed by atoms with E-state index in [9.17, 15) is 4.79 Å². The Morgan fingerprint density at radius 2 is 1.29 bits per heavy atom. The molecule has 0 N–H and O–H groups in total. The molecule has 2 rings (SSSR count). The second-order valence-electron chi connectivity index (χ2n) is 3.26. The molecule has 0 aliphatic rings. The van der Waals surface area contributed by atoms with Crippen LogP contribution in [0.1, 0.15) is 17.3 Å². The molecule has 0 aliphatic carbocycles. The van der Waals surface area contributed by atoms with Crippen molar-refractivity contribution in [2.45, 2.75) is 11.8 Å². The largest absolute Gasteiger partial charge is 0.295 e. The average Bonchev–Trinajstić information content (AvgIpc) is 2.32. The molecule has 0 bridgehead atoms. The molecule has 17 heavy (non-hydrogen) atoms. The first kappa shape index (κ1) is 16.5. The zero-order valence-electron chi connectivity index (χ0n) is 10.1. The Morgan fingerprint density at radius 1 is 0.882 bits per heavy atom. The fourth-order valence-electron chi connectivity index (χ4n) is 1.10. The SMILES string of the molecule is CC(=O)c1ccccc1.Sc1ccccc1.[Na]. The van der Waals surface area contributed by atoms with Crippen molar-refractivity contribution in [3.8, 4) is 0 Å². The third-order valence-corrected chi connectivity index (χ3v) is 2.23. The summed E-state index contributed by atoms with van der Waals surface area (Å²) in [7, 11) is 0. The van der Waals surface area contributed by atoms with E-state index < -0.39 is 0 Å². The normalized spacial score (nSPS) is 8.35. The van der Waals surface area contributed by atoms with E-state index in [4.69, 9.17) is 0 Å². The van der Waals surface area contributed by atoms with Gasteiger partial charge in [0.2, 0.25) is 0 Å². The van der Waals surface area contributed by atoms with Crippen LogP contribution < -0.4 is 0 Å². The van der Waals surface area contributed by atoms with Crippen molar-refractivity contribution in [3.05, 3.63) is 66.2 Å². The van der Waals surface area contributed by atoms with Gasteiger partial charge in [0.25, 0.3) is 0 Å². The molecular formula is C14H14NaOS. The van der Waals surface area contributed by atoms with Crippen LogP contribution in [0.4, 0.5) is 0 Å². The molecule has 0 heterocycles. The van der Waals surface area contributed by atoms with E-state index in [1.54, 1.807) is 6.92 Å². The summed E-state index contributed by atoms with van der Waals surface area (Å²) in [6, 6.07) is 19.0. The standard InChI is InChI=1S/C8H8O.C6H6S.Na/c1-7(9)8-5-3-2-4-6-8;7-6-4-2-1-3-5-6;/h2-6H,1H3;1-5,7H;. The third kappa shape index (κ3) is 7.40. The van der Waals surface area contributed by atoms with Gasteiger partial charge in [0, 0.05) is 40.0 Å². The van der Waals surface area contributed by atoms with Crippen molar-refractivity contribution < 1.29 is 4.79 Å². The molecule has 0 aromatic heterocycles. The first-order valence-corrected chi connectivity index (χ1v) is 5.45. The van der Waals surface area contributed by atoms with Crippen LogP contribution in [0.25, 0.3) is 0 Å². The summed E-state index contributed by atoms with van der Waals surface area (Å²) in [5, 5.41) is 0. The van der Waals surface area contributed by atoms with E-state index in [2.05, 4.69) is 12.6 Å². The predicted molar refractivity (Wildman–Crippen MR) is 75.9 cm³/mol. The van der Waals surface area contributed by atoms with Gasteiger partial charge in [0.15, 0.2) is 5.78 Å². The maximum atomic E-state index is 10.6. The summed E-state index contributed by atoms with van der Waals surface area (Å²) in [4.78, 5) is 11.7. The van der Waals surface area contributed by atoms with Crippen LogP contribution in [0.15, 0.2) is 65.6 Å². The monoisotopic (exact) mass is 253 g/mol. The quantitative estimate of drug-likeness (QED) is 0.468. The Hall–Kier alpha value is -0.540. The van der Waals surface area contributed by atoms with Gasteiger partial charge in [-0.3, -0.25) is 4.79 Å². The van der Waals surface area contributed by atoms with Crippen molar-refractivity contribution in [2.75, 3.05) is 0 Å². The van der Waals surface area contributed by atoms with Crippen LogP contribution in [0.2, 0.25) is 0 Å². The molecule has 2 aromatic carbocycles. The van der Waals surface area contributed by atoms with E-state index in [1.807, 2.05) is 60.7 Å². The summed E-state index contributed by atoms with van der Waals surface area (Å²) in [6.07, 6.45) is 0. The number of rotatable bonds is 1. The number of carbonyl (C=O) groups is 1. The van der Waals surface area contributed by atoms with Crippen LogP contribution in [0.5, 0.6) is 0 Å². The molecule has 2 aromatic rings. The van der Waals surface area contributed by atoms with Crippen molar-refractivity contribution in [1.29, 1.82) is 0 Å². The number of thiol groups is 1. The summed E-state index contributed by atoms with van der Waals surface area (Å²) in [5.74, 6) is 0.121. The van der Waals surface area contributed by atoms with Gasteiger partial charge in [-0.25, -0.2) is 0 Å². The fourth-order valence-corrected chi connectivity index (χ4v) is 1.27. The number of ketones is 1. The van der Waals surface area contributed by atoms with Crippen LogP contribution in [0, 0.1) is 0 Å². The van der Waals surface area contributed by atoms with Crippen molar-refractivity contribution in [3.63, 3.8) is 0 Å². The van der Waals surface area contributed by atoms with Crippen molar-refractivity contribution in [2.24, 2.45) is 0 Å². The van der Waals surface area contributed by atoms with Gasteiger partial charge in [-0.2, -0.15) is 0 Å². The van der Waals surface area contributed by atoms with E-state index in [0.29, 0.717) is 0 Å². The third-order valence-electron chi connectivity index (χ3n) is 1.94. The molecule has 1 radical (unpaired) electrons. The van der Waals surface area contributed by atoms with E-state index in [0.717, 1.165) is 10.5 Å². The van der Waals surface area contributed by atoms with Gasteiger partial charge in [-0.1, -0.05) is 48.5 Å². The first-order chi connectivity index (χ1) is 7.70. The van der Waals surface area contributed by atoms with Crippen LogP contribution in [0.3, 0.4) is 0 Å². The molecule has 0 saturated carbocycles. The van der Waals surface area contributed by atoms with Crippen molar-refractivity contribution in [1.82, 2.24) is 0 Å². The topological polar surface area (TPSA) is 17.1 Å². The van der Waals surface area contributed by atoms with Crippen LogP contribution >= 0.6 is 12.6 Å². The minimum absolute atomic E-state index is 0. The predicted octanol–water partition coefficient (Wildman–Crippen LogP) is 3.48. The zero-order valence-corrected chi connectivity index (χ0v) is 13.0. The van der Waals surface area contributed by atoms with Gasteiger partial charge in [0.1, 0.15) is 0 Å². The Morgan fingerprint density at radius 3 is 1.53 bits per heavy atom. The minimum atomic E-state index is 0. The summed E-state index contributed by atoms with van der Waals surface area (Å²) in [5.41, 5.74) is 0.775. The second kappa shape index (κ2) is 9.49. The molecule has 0 unspecified atom stereocenters. The average molecular weight is 253 g/mol. The van der Waals surface area contributed by atoms with Gasteiger partial charge in [0.05, 0.1) is 0 Å². The van der Waals surface area contributed by atoms with E-state index in [-0.39, 0.29) is 35.3 Å². The Balaban J connectivity index is 0.000000292. The van der Waals surface area contributed by atoms with Gasteiger partial charge >= 0.3 is 0 Å². The second-order valence-corrected chi connectivity index (χ2v) is 3.77. The molecule has 1 nitrogen and oxygen atoms in total. The Labute approximate surface area is 130 Å². The number of benzene rings is 2. The maximum absolute atomic E-state index is 10.6. The van der Waals surface area contributed by atoms with Crippen LogP contribution in [-0.4, -0.2) is 35.3 Å². The molecule has 83 valence electrons. The number of carbonyl (C=O) groups excluding carboxylic acids is 1. The fraction of sp³-hybridized carbons (Fsp3) is 0.0714. The van der Waals surface area contributed by atoms with E-state index >= 15 is 0 Å². The summed E-state index contributed by atoms with van der Waals surface area (Å²) >= 11 is 4.08. The zero-order chi connectivity index (χ0) is 11.8. The molecule has 0 saturated heterocycles. The molecule has 0 amide bonds. The molecule has 0 atom stereocenters. The minimum Gasteiger partial charge on any atom is -0.295 e. The molecule has 0 spiro atoms. The summed E-state index contributed by atoms with van der Waals surface area (Å²) in [6.45, 7) is 1.56.